The Bertz CT molecular complexity index is 890. The van der Waals surface area contributed by atoms with E-state index in [1.807, 2.05) is 30.3 Å². The van der Waals surface area contributed by atoms with E-state index in [1.165, 1.54) is 0 Å². The third-order valence-electron chi connectivity index (χ3n) is 3.60. The molecule has 23 heavy (non-hydrogen) atoms. The quantitative estimate of drug-likeness (QED) is 0.574. The molecule has 1 heterocycles. The number of hydrogen-bond donors (Lipinski definition) is 1. The van der Waals surface area contributed by atoms with Gasteiger partial charge in [-0.05, 0) is 48.2 Å². The summed E-state index contributed by atoms with van der Waals surface area (Å²) in [6.45, 7) is 1.10. The minimum absolute atomic E-state index is 0.0243. The average Bonchev–Trinajstić information content (AvgIpc) is 2.53. The highest BCUT2D eigenvalue weighted by atomic mass is 35.5. The van der Waals surface area contributed by atoms with Crippen molar-refractivity contribution >= 4 is 28.2 Å². The van der Waals surface area contributed by atoms with Gasteiger partial charge in [0.15, 0.2) is 0 Å². The van der Waals surface area contributed by atoms with E-state index in [4.69, 9.17) is 22.1 Å². The number of nitrogen functional groups attached to an aromatic ring is 1. The maximum absolute atomic E-state index is 12.1. The van der Waals surface area contributed by atoms with Crippen molar-refractivity contribution in [2.24, 2.45) is 0 Å². The molecule has 3 aromatic rings. The summed E-state index contributed by atoms with van der Waals surface area (Å²) in [5.41, 5.74) is 7.24. The van der Waals surface area contributed by atoms with Gasteiger partial charge in [-0.25, -0.2) is 0 Å². The molecule has 0 aliphatic rings. The van der Waals surface area contributed by atoms with Gasteiger partial charge < -0.3 is 15.0 Å². The zero-order valence-electron chi connectivity index (χ0n) is 12.5. The summed E-state index contributed by atoms with van der Waals surface area (Å²) in [5.74, 6) is 0.738. The zero-order chi connectivity index (χ0) is 16.2. The average molecular weight is 329 g/mol. The lowest BCUT2D eigenvalue weighted by atomic mass is 10.2. The van der Waals surface area contributed by atoms with Crippen LogP contribution in [0.15, 0.2) is 59.4 Å². The second-order valence-corrected chi connectivity index (χ2v) is 5.74. The number of pyridine rings is 1. The monoisotopic (exact) mass is 328 g/mol. The van der Waals surface area contributed by atoms with Gasteiger partial charge in [0.05, 0.1) is 12.1 Å². The van der Waals surface area contributed by atoms with Crippen LogP contribution in [0.5, 0.6) is 5.75 Å². The fourth-order valence-corrected chi connectivity index (χ4v) is 2.70. The Labute approximate surface area is 139 Å². The Morgan fingerprint density at radius 2 is 1.96 bits per heavy atom. The molecule has 0 amide bonds. The van der Waals surface area contributed by atoms with Crippen molar-refractivity contribution in [2.45, 2.75) is 13.0 Å². The number of nitrogens with zero attached hydrogens (tertiary/aromatic N) is 1. The van der Waals surface area contributed by atoms with E-state index in [-0.39, 0.29) is 5.56 Å². The first-order valence-corrected chi connectivity index (χ1v) is 7.79. The number of halogens is 1. The fourth-order valence-electron chi connectivity index (χ4n) is 2.52. The number of benzene rings is 2. The lowest BCUT2D eigenvalue weighted by Crippen LogP contribution is -2.20. The molecule has 3 rings (SSSR count). The number of aromatic nitrogens is 1. The van der Waals surface area contributed by atoms with E-state index in [9.17, 15) is 4.79 Å². The molecule has 0 saturated heterocycles. The summed E-state index contributed by atoms with van der Waals surface area (Å²) in [5, 5.41) is 1.61. The van der Waals surface area contributed by atoms with Gasteiger partial charge in [0, 0.05) is 29.4 Å². The molecule has 0 saturated carbocycles. The molecule has 4 nitrogen and oxygen atoms in total. The molecule has 0 fully saturated rings. The largest absolute Gasteiger partial charge is 0.493 e. The summed E-state index contributed by atoms with van der Waals surface area (Å²) in [4.78, 5) is 12.1. The van der Waals surface area contributed by atoms with Crippen molar-refractivity contribution in [1.29, 1.82) is 0 Å². The molecule has 0 atom stereocenters. The van der Waals surface area contributed by atoms with Crippen molar-refractivity contribution in [3.8, 4) is 5.75 Å². The lowest BCUT2D eigenvalue weighted by molar-refractivity contribution is 0.302. The first-order valence-electron chi connectivity index (χ1n) is 7.41. The van der Waals surface area contributed by atoms with Crippen molar-refractivity contribution in [3.05, 3.63) is 70.0 Å². The van der Waals surface area contributed by atoms with Crippen LogP contribution in [0, 0.1) is 0 Å². The Balaban J connectivity index is 1.69. The van der Waals surface area contributed by atoms with Crippen molar-refractivity contribution in [1.82, 2.24) is 4.57 Å². The third-order valence-corrected chi connectivity index (χ3v) is 3.84. The molecule has 118 valence electrons. The highest BCUT2D eigenvalue weighted by Crippen LogP contribution is 2.18. The fraction of sp³-hybridized carbons (Fsp3) is 0.167. The molecule has 0 spiro atoms. The zero-order valence-corrected chi connectivity index (χ0v) is 13.3. The Hall–Kier alpha value is -2.46. The maximum Gasteiger partial charge on any atom is 0.251 e. The van der Waals surface area contributed by atoms with Crippen LogP contribution in [0.3, 0.4) is 0 Å². The van der Waals surface area contributed by atoms with E-state index in [2.05, 4.69) is 0 Å². The van der Waals surface area contributed by atoms with Crippen LogP contribution in [-0.4, -0.2) is 11.2 Å². The van der Waals surface area contributed by atoms with Crippen LogP contribution in [0.1, 0.15) is 6.42 Å². The number of hydrogen-bond acceptors (Lipinski definition) is 3. The van der Waals surface area contributed by atoms with E-state index < -0.39 is 0 Å². The van der Waals surface area contributed by atoms with Gasteiger partial charge in [0.2, 0.25) is 0 Å². The van der Waals surface area contributed by atoms with Gasteiger partial charge in [-0.1, -0.05) is 17.7 Å². The van der Waals surface area contributed by atoms with Crippen LogP contribution in [0.25, 0.3) is 10.9 Å². The Kier molecular flexibility index (Phi) is 4.53. The predicted octanol–water partition coefficient (Wildman–Crippen LogP) is 3.71. The second-order valence-electron chi connectivity index (χ2n) is 5.30. The highest BCUT2D eigenvalue weighted by Gasteiger charge is 2.04. The molecule has 0 unspecified atom stereocenters. The number of fused-ring (bicyclic) bond motifs is 1. The number of aryl methyl sites for hydroxylation is 1. The Morgan fingerprint density at radius 1 is 1.09 bits per heavy atom. The lowest BCUT2D eigenvalue weighted by Gasteiger charge is -2.11. The number of rotatable bonds is 5. The normalized spacial score (nSPS) is 10.8. The SMILES string of the molecule is Nc1cccc(OCCCn2c(=O)ccc3cc(Cl)ccc32)c1. The minimum Gasteiger partial charge on any atom is -0.493 e. The smallest absolute Gasteiger partial charge is 0.251 e. The van der Waals surface area contributed by atoms with Crippen molar-refractivity contribution in [2.75, 3.05) is 12.3 Å². The van der Waals surface area contributed by atoms with Crippen LogP contribution in [0.4, 0.5) is 5.69 Å². The van der Waals surface area contributed by atoms with Gasteiger partial charge in [-0.2, -0.15) is 0 Å². The standard InChI is InChI=1S/C18H17ClN2O2/c19-14-6-7-17-13(11-14)5-8-18(22)21(17)9-2-10-23-16-4-1-3-15(20)12-16/h1,3-8,11-12H,2,9-10,20H2. The topological polar surface area (TPSA) is 57.2 Å². The van der Waals surface area contributed by atoms with E-state index in [0.717, 1.165) is 23.1 Å². The van der Waals surface area contributed by atoms with Crippen molar-refractivity contribution < 1.29 is 4.74 Å². The highest BCUT2D eigenvalue weighted by molar-refractivity contribution is 6.31. The van der Waals surface area contributed by atoms with Gasteiger partial charge in [-0.15, -0.1) is 0 Å². The summed E-state index contributed by atoms with van der Waals surface area (Å²) in [6.07, 6.45) is 0.719. The van der Waals surface area contributed by atoms with Crippen LogP contribution >= 0.6 is 11.6 Å². The number of nitrogens with two attached hydrogens (primary N) is 1. The summed E-state index contributed by atoms with van der Waals surface area (Å²) < 4.78 is 7.41. The van der Waals surface area contributed by atoms with Crippen molar-refractivity contribution in [3.63, 3.8) is 0 Å². The molecule has 0 radical (unpaired) electrons. The van der Waals surface area contributed by atoms with E-state index >= 15 is 0 Å². The summed E-state index contributed by atoms with van der Waals surface area (Å²) >= 11 is 6.00. The van der Waals surface area contributed by atoms with Crippen LogP contribution in [0.2, 0.25) is 5.02 Å². The molecule has 5 heteroatoms. The second kappa shape index (κ2) is 6.75. The summed E-state index contributed by atoms with van der Waals surface area (Å²) in [6, 6.07) is 16.2. The molecular formula is C18H17ClN2O2. The third kappa shape index (κ3) is 3.66. The molecule has 1 aromatic heterocycles. The molecule has 0 bridgehead atoms. The summed E-state index contributed by atoms with van der Waals surface area (Å²) in [7, 11) is 0. The Morgan fingerprint density at radius 3 is 2.78 bits per heavy atom. The maximum atomic E-state index is 12.1. The van der Waals surface area contributed by atoms with E-state index in [0.29, 0.717) is 23.9 Å². The molecule has 2 aromatic carbocycles. The van der Waals surface area contributed by atoms with Gasteiger partial charge in [0.1, 0.15) is 5.75 Å². The predicted molar refractivity (Wildman–Crippen MR) is 94.2 cm³/mol. The number of anilines is 1. The molecule has 0 aliphatic heterocycles. The van der Waals surface area contributed by atoms with Crippen LogP contribution < -0.4 is 16.0 Å². The van der Waals surface area contributed by atoms with Gasteiger partial charge in [-0.3, -0.25) is 4.79 Å². The first kappa shape index (κ1) is 15.4. The minimum atomic E-state index is -0.0243. The first-order chi connectivity index (χ1) is 11.1. The van der Waals surface area contributed by atoms with Crippen LogP contribution in [-0.2, 0) is 6.54 Å². The molecule has 2 N–H and O–H groups in total. The van der Waals surface area contributed by atoms with Gasteiger partial charge in [0.25, 0.3) is 5.56 Å². The molecular weight excluding hydrogens is 312 g/mol. The van der Waals surface area contributed by atoms with E-state index in [1.54, 1.807) is 28.8 Å². The molecule has 0 aliphatic carbocycles. The number of ether oxygens (including phenoxy) is 1. The van der Waals surface area contributed by atoms with Gasteiger partial charge >= 0.3 is 0 Å².